The number of ether oxygens (including phenoxy) is 1. The summed E-state index contributed by atoms with van der Waals surface area (Å²) in [6, 6.07) is 10.2. The van der Waals surface area contributed by atoms with Crippen LogP contribution in [0.1, 0.15) is 28.8 Å². The maximum absolute atomic E-state index is 12.5. The molecule has 1 aromatic carbocycles. The van der Waals surface area contributed by atoms with E-state index in [1.165, 1.54) is 16.0 Å². The number of thiophene rings is 1. The van der Waals surface area contributed by atoms with Gasteiger partial charge in [0, 0.05) is 37.5 Å². The van der Waals surface area contributed by atoms with Crippen molar-refractivity contribution in [1.29, 1.82) is 0 Å². The van der Waals surface area contributed by atoms with Gasteiger partial charge in [-0.05, 0) is 38.3 Å². The number of nitrogens with one attached hydrogen (secondary N) is 1. The highest BCUT2D eigenvalue weighted by atomic mass is 32.1. The smallest absolute Gasteiger partial charge is 0.325 e. The summed E-state index contributed by atoms with van der Waals surface area (Å²) in [5.41, 5.74) is 2.49. The van der Waals surface area contributed by atoms with Crippen LogP contribution >= 0.6 is 11.3 Å². The minimum atomic E-state index is -0.427. The fraction of sp³-hybridized carbons (Fsp3) is 0.440. The van der Waals surface area contributed by atoms with Gasteiger partial charge in [-0.1, -0.05) is 30.3 Å². The van der Waals surface area contributed by atoms with Gasteiger partial charge in [0.05, 0.1) is 12.0 Å². The summed E-state index contributed by atoms with van der Waals surface area (Å²) >= 11 is 1.72. The van der Waals surface area contributed by atoms with Crippen LogP contribution in [-0.2, 0) is 22.4 Å². The standard InChI is InChI=1S/C25H31N5O3S/c1-4-33-21(31)16-26-25(32)30-14-12-29(13-15-30)23-22-17(2)18(3)34-24(22)28-20(27-23)11-10-19-8-6-5-7-9-19/h5-9H,4,10-16H2,1-3H3,(H,26,32). The number of esters is 1. The van der Waals surface area contributed by atoms with Crippen LogP contribution in [0.2, 0.25) is 0 Å². The number of anilines is 1. The monoisotopic (exact) mass is 481 g/mol. The van der Waals surface area contributed by atoms with Crippen LogP contribution < -0.4 is 10.2 Å². The number of rotatable bonds is 7. The predicted octanol–water partition coefficient (Wildman–Crippen LogP) is 3.49. The Balaban J connectivity index is 1.47. The molecule has 0 radical (unpaired) electrons. The number of hydrogen-bond donors (Lipinski definition) is 1. The molecule has 3 heterocycles. The molecule has 2 aromatic heterocycles. The fourth-order valence-electron chi connectivity index (χ4n) is 4.11. The zero-order chi connectivity index (χ0) is 24.1. The molecule has 3 aromatic rings. The third-order valence-corrected chi connectivity index (χ3v) is 7.19. The van der Waals surface area contributed by atoms with Crippen LogP contribution in [0, 0.1) is 13.8 Å². The van der Waals surface area contributed by atoms with Gasteiger partial charge in [-0.15, -0.1) is 11.3 Å². The van der Waals surface area contributed by atoms with Gasteiger partial charge >= 0.3 is 12.0 Å². The first-order valence-corrected chi connectivity index (χ1v) is 12.5. The average Bonchev–Trinajstić information content (AvgIpc) is 3.15. The van der Waals surface area contributed by atoms with Crippen molar-refractivity contribution in [1.82, 2.24) is 20.2 Å². The van der Waals surface area contributed by atoms with Gasteiger partial charge < -0.3 is 19.9 Å². The molecule has 0 aliphatic carbocycles. The summed E-state index contributed by atoms with van der Waals surface area (Å²) in [5, 5.41) is 3.76. The minimum Gasteiger partial charge on any atom is -0.465 e. The topological polar surface area (TPSA) is 87.7 Å². The predicted molar refractivity (Wildman–Crippen MR) is 135 cm³/mol. The average molecular weight is 482 g/mol. The quantitative estimate of drug-likeness (QED) is 0.520. The Morgan fingerprint density at radius 2 is 1.79 bits per heavy atom. The highest BCUT2D eigenvalue weighted by Gasteiger charge is 2.25. The van der Waals surface area contributed by atoms with Crippen molar-refractivity contribution in [2.75, 3.05) is 44.2 Å². The van der Waals surface area contributed by atoms with Crippen LogP contribution in [0.4, 0.5) is 10.6 Å². The first kappa shape index (κ1) is 23.9. The van der Waals surface area contributed by atoms with Crippen LogP contribution in [0.15, 0.2) is 30.3 Å². The number of fused-ring (bicyclic) bond motifs is 1. The Hall–Kier alpha value is -3.20. The van der Waals surface area contributed by atoms with Gasteiger partial charge in [-0.25, -0.2) is 14.8 Å². The van der Waals surface area contributed by atoms with Gasteiger partial charge in [-0.3, -0.25) is 4.79 Å². The van der Waals surface area contributed by atoms with Crippen molar-refractivity contribution in [2.24, 2.45) is 0 Å². The summed E-state index contributed by atoms with van der Waals surface area (Å²) < 4.78 is 4.87. The molecule has 0 bridgehead atoms. The van der Waals surface area contributed by atoms with Gasteiger partial charge in [-0.2, -0.15) is 0 Å². The van der Waals surface area contributed by atoms with E-state index in [2.05, 4.69) is 48.3 Å². The summed E-state index contributed by atoms with van der Waals surface area (Å²) in [6.07, 6.45) is 1.67. The third kappa shape index (κ3) is 5.47. The number of aromatic nitrogens is 2. The maximum Gasteiger partial charge on any atom is 0.325 e. The zero-order valence-corrected chi connectivity index (χ0v) is 20.8. The molecule has 180 valence electrons. The second kappa shape index (κ2) is 10.8. The Labute approximate surface area is 203 Å². The van der Waals surface area contributed by atoms with E-state index < -0.39 is 5.97 Å². The number of hydrogen-bond acceptors (Lipinski definition) is 7. The molecule has 8 nitrogen and oxygen atoms in total. The van der Waals surface area contributed by atoms with Crippen LogP contribution in [0.3, 0.4) is 0 Å². The van der Waals surface area contributed by atoms with Crippen LogP contribution in [0.5, 0.6) is 0 Å². The van der Waals surface area contributed by atoms with Crippen molar-refractivity contribution in [3.05, 3.63) is 52.2 Å². The lowest BCUT2D eigenvalue weighted by molar-refractivity contribution is -0.141. The molecule has 0 atom stereocenters. The van der Waals surface area contributed by atoms with Crippen molar-refractivity contribution in [3.63, 3.8) is 0 Å². The Morgan fingerprint density at radius 3 is 2.50 bits per heavy atom. The van der Waals surface area contributed by atoms with Gasteiger partial charge in [0.1, 0.15) is 23.0 Å². The second-order valence-electron chi connectivity index (χ2n) is 8.35. The number of urea groups is 1. The molecule has 9 heteroatoms. The number of benzene rings is 1. The first-order valence-electron chi connectivity index (χ1n) is 11.7. The first-order chi connectivity index (χ1) is 16.5. The molecular formula is C25H31N5O3S. The molecule has 1 aliphatic rings. The van der Waals surface area contributed by atoms with Gasteiger partial charge in [0.2, 0.25) is 0 Å². The van der Waals surface area contributed by atoms with E-state index in [0.717, 1.165) is 34.7 Å². The summed E-state index contributed by atoms with van der Waals surface area (Å²) in [7, 11) is 0. The minimum absolute atomic E-state index is 0.114. The highest BCUT2D eigenvalue weighted by molar-refractivity contribution is 7.18. The number of aryl methyl sites for hydroxylation is 4. The lowest BCUT2D eigenvalue weighted by atomic mass is 10.1. The van der Waals surface area contributed by atoms with Crippen LogP contribution in [-0.4, -0.2) is 66.2 Å². The number of carbonyl (C=O) groups is 2. The number of amides is 2. The van der Waals surface area contributed by atoms with Crippen LogP contribution in [0.25, 0.3) is 10.2 Å². The van der Waals surface area contributed by atoms with E-state index in [0.29, 0.717) is 32.8 Å². The Kier molecular flexibility index (Phi) is 7.62. The van der Waals surface area contributed by atoms with Crippen molar-refractivity contribution in [2.45, 2.75) is 33.6 Å². The molecule has 1 aliphatic heterocycles. The second-order valence-corrected chi connectivity index (χ2v) is 9.55. The van der Waals surface area contributed by atoms with Gasteiger partial charge in [0.25, 0.3) is 0 Å². The number of nitrogens with zero attached hydrogens (tertiary/aromatic N) is 4. The molecule has 1 fully saturated rings. The summed E-state index contributed by atoms with van der Waals surface area (Å²) in [5.74, 6) is 1.38. The molecule has 34 heavy (non-hydrogen) atoms. The largest absolute Gasteiger partial charge is 0.465 e. The Bertz CT molecular complexity index is 1160. The molecule has 0 saturated carbocycles. The molecule has 4 rings (SSSR count). The molecule has 2 amide bonds. The van der Waals surface area contributed by atoms with Crippen molar-refractivity contribution in [3.8, 4) is 0 Å². The third-order valence-electron chi connectivity index (χ3n) is 6.09. The normalized spacial score (nSPS) is 13.9. The number of carbonyl (C=O) groups excluding carboxylic acids is 2. The molecule has 0 spiro atoms. The molecule has 1 N–H and O–H groups in total. The summed E-state index contributed by atoms with van der Waals surface area (Å²) in [4.78, 5) is 40.1. The van der Waals surface area contributed by atoms with Gasteiger partial charge in [0.15, 0.2) is 0 Å². The molecular weight excluding hydrogens is 450 g/mol. The van der Waals surface area contributed by atoms with E-state index in [9.17, 15) is 9.59 Å². The van der Waals surface area contributed by atoms with Crippen molar-refractivity contribution < 1.29 is 14.3 Å². The highest BCUT2D eigenvalue weighted by Crippen LogP contribution is 2.35. The van der Waals surface area contributed by atoms with E-state index in [-0.39, 0.29) is 12.6 Å². The fourth-order valence-corrected chi connectivity index (χ4v) is 5.15. The Morgan fingerprint density at radius 1 is 1.06 bits per heavy atom. The zero-order valence-electron chi connectivity index (χ0n) is 20.0. The van der Waals surface area contributed by atoms with E-state index >= 15 is 0 Å². The molecule has 1 saturated heterocycles. The van der Waals surface area contributed by atoms with E-state index in [1.807, 2.05) is 6.07 Å². The summed E-state index contributed by atoms with van der Waals surface area (Å²) in [6.45, 7) is 8.64. The maximum atomic E-state index is 12.5. The van der Waals surface area contributed by atoms with Crippen molar-refractivity contribution >= 4 is 39.4 Å². The number of piperazine rings is 1. The lowest BCUT2D eigenvalue weighted by Gasteiger charge is -2.35. The molecule has 0 unspecified atom stereocenters. The lowest BCUT2D eigenvalue weighted by Crippen LogP contribution is -2.52. The van der Waals surface area contributed by atoms with E-state index in [1.54, 1.807) is 23.2 Å². The SMILES string of the molecule is CCOC(=O)CNC(=O)N1CCN(c2nc(CCc3ccccc3)nc3sc(C)c(C)c23)CC1. The van der Waals surface area contributed by atoms with E-state index in [4.69, 9.17) is 14.7 Å².